The molecule has 4 aliphatic rings. The first kappa shape index (κ1) is 22.3. The van der Waals surface area contributed by atoms with Crippen molar-refractivity contribution in [3.8, 4) is 0 Å². The van der Waals surface area contributed by atoms with E-state index in [1.807, 2.05) is 6.92 Å². The van der Waals surface area contributed by atoms with Crippen LogP contribution in [0.3, 0.4) is 0 Å². The highest BCUT2D eigenvalue weighted by atomic mass is 31.2. The molecular formula is C22H32O7P-. The van der Waals surface area contributed by atoms with Crippen molar-refractivity contribution in [2.45, 2.75) is 70.5 Å². The second kappa shape index (κ2) is 7.08. The number of rotatable bonds is 4. The number of aliphatic hydroxyl groups is 2. The van der Waals surface area contributed by atoms with Gasteiger partial charge in [-0.05, 0) is 67.8 Å². The van der Waals surface area contributed by atoms with E-state index in [1.54, 1.807) is 6.08 Å². The highest BCUT2D eigenvalue weighted by molar-refractivity contribution is 7.50. The van der Waals surface area contributed by atoms with Crippen molar-refractivity contribution in [3.05, 3.63) is 11.6 Å². The van der Waals surface area contributed by atoms with E-state index < -0.39 is 37.1 Å². The van der Waals surface area contributed by atoms with Gasteiger partial charge in [-0.1, -0.05) is 19.4 Å². The van der Waals surface area contributed by atoms with E-state index in [4.69, 9.17) is 4.52 Å². The normalized spacial score (nSPS) is 47.5. The van der Waals surface area contributed by atoms with Crippen LogP contribution in [-0.4, -0.2) is 46.8 Å². The molecule has 7 nitrogen and oxygen atoms in total. The second-order valence-corrected chi connectivity index (χ2v) is 12.2. The third-order valence-corrected chi connectivity index (χ3v) is 9.54. The van der Waals surface area contributed by atoms with Crippen molar-refractivity contribution in [2.75, 3.05) is 13.3 Å². The van der Waals surface area contributed by atoms with Gasteiger partial charge in [-0.3, -0.25) is 9.59 Å². The number of Topliss-reactive ketones (excluding diaryl/α,β-unsaturated/α-hetero) is 1. The van der Waals surface area contributed by atoms with Gasteiger partial charge in [0.2, 0.25) is 0 Å². The van der Waals surface area contributed by atoms with Gasteiger partial charge in [0.25, 0.3) is 0 Å². The molecule has 0 spiro atoms. The molecule has 0 amide bonds. The fraction of sp³-hybridized carbons (Fsp3) is 0.818. The summed E-state index contributed by atoms with van der Waals surface area (Å²) in [4.78, 5) is 36.2. The molecule has 0 saturated heterocycles. The Labute approximate surface area is 177 Å². The van der Waals surface area contributed by atoms with Crippen LogP contribution in [0.4, 0.5) is 0 Å². The maximum Gasteiger partial charge on any atom is 0.190 e. The van der Waals surface area contributed by atoms with Crippen molar-refractivity contribution in [1.82, 2.24) is 0 Å². The Morgan fingerprint density at radius 1 is 1.30 bits per heavy atom. The molecule has 0 heterocycles. The molecule has 0 bridgehead atoms. The number of aliphatic hydroxyl groups excluding tert-OH is 1. The Morgan fingerprint density at radius 3 is 2.67 bits per heavy atom. The minimum atomic E-state index is -4.08. The highest BCUT2D eigenvalue weighted by Gasteiger charge is 2.68. The van der Waals surface area contributed by atoms with Crippen LogP contribution in [0, 0.1) is 28.6 Å². The first-order valence-corrected chi connectivity index (χ1v) is 12.9. The van der Waals surface area contributed by atoms with Crippen LogP contribution in [-0.2, 0) is 18.7 Å². The number of fused-ring (bicyclic) bond motifs is 5. The van der Waals surface area contributed by atoms with Gasteiger partial charge in [0.1, 0.15) is 19.8 Å². The van der Waals surface area contributed by atoms with Crippen molar-refractivity contribution in [2.24, 2.45) is 28.6 Å². The number of ketones is 2. The first-order valence-electron chi connectivity index (χ1n) is 10.9. The van der Waals surface area contributed by atoms with E-state index in [0.717, 1.165) is 31.5 Å². The van der Waals surface area contributed by atoms with Gasteiger partial charge in [-0.2, -0.15) is 0 Å². The molecule has 3 saturated carbocycles. The smallest absolute Gasteiger partial charge is 0.190 e. The lowest BCUT2D eigenvalue weighted by atomic mass is 9.45. The molecule has 1 unspecified atom stereocenters. The average molecular weight is 439 g/mol. The summed E-state index contributed by atoms with van der Waals surface area (Å²) >= 11 is 0. The van der Waals surface area contributed by atoms with Crippen LogP contribution in [0.25, 0.3) is 0 Å². The summed E-state index contributed by atoms with van der Waals surface area (Å²) in [5.74, 6) is -0.273. The number of carbonyl (C=O) groups is 2. The summed E-state index contributed by atoms with van der Waals surface area (Å²) in [5.41, 5.74) is -1.65. The van der Waals surface area contributed by atoms with Crippen LogP contribution in [0.2, 0.25) is 0 Å². The van der Waals surface area contributed by atoms with Crippen molar-refractivity contribution >= 4 is 19.2 Å². The Bertz CT molecular complexity index is 846. The van der Waals surface area contributed by atoms with Crippen LogP contribution < -0.4 is 4.89 Å². The largest absolute Gasteiger partial charge is 0.779 e. The molecule has 4 aliphatic carbocycles. The Hall–Kier alpha value is -0.850. The van der Waals surface area contributed by atoms with Gasteiger partial charge in [-0.15, -0.1) is 0 Å². The maximum absolute atomic E-state index is 12.9. The molecule has 0 aliphatic heterocycles. The third-order valence-electron chi connectivity index (χ3n) is 8.94. The molecule has 2 N–H and O–H groups in total. The van der Waals surface area contributed by atoms with Crippen molar-refractivity contribution in [3.63, 3.8) is 0 Å². The van der Waals surface area contributed by atoms with E-state index in [1.165, 1.54) is 0 Å². The predicted octanol–water partition coefficient (Wildman–Crippen LogP) is 1.99. The summed E-state index contributed by atoms with van der Waals surface area (Å²) in [7, 11) is -4.08. The van der Waals surface area contributed by atoms with Crippen LogP contribution >= 0.6 is 7.60 Å². The standard InChI is InChI=1S/C22H33O7P/c1-20-8-6-14(23)10-13(20)4-5-15-16-7-9-22(26,18(25)12-29-30(3,27)28)21(16,2)11-17(24)19(15)20/h10,15-17,19,24,26H,4-9,11-12H2,1-3H3,(H,27,28)/p-1/t15-,16-,17-,19+,20-,21-,22-/m0/s1. The minimum absolute atomic E-state index is 0.00474. The van der Waals surface area contributed by atoms with Crippen LogP contribution in [0.15, 0.2) is 11.6 Å². The summed E-state index contributed by atoms with van der Waals surface area (Å²) in [6.07, 6.45) is 5.09. The SMILES string of the molecule is C[C@]12CCC(=O)C=C1CC[C@@H]1[C@@H]2[C@@H](O)C[C@@]2(C)[C@H]1CC[C@]2(O)C(=O)COP(C)(=O)[O-]. The van der Waals surface area contributed by atoms with Gasteiger partial charge in [0.15, 0.2) is 11.6 Å². The lowest BCUT2D eigenvalue weighted by Crippen LogP contribution is -2.62. The fourth-order valence-electron chi connectivity index (χ4n) is 7.45. The maximum atomic E-state index is 12.9. The summed E-state index contributed by atoms with van der Waals surface area (Å²) in [6.45, 7) is 4.25. The lowest BCUT2D eigenvalue weighted by Gasteiger charge is -2.60. The molecule has 30 heavy (non-hydrogen) atoms. The zero-order valence-electron chi connectivity index (χ0n) is 17.9. The van der Waals surface area contributed by atoms with Gasteiger partial charge < -0.3 is 24.2 Å². The topological polar surface area (TPSA) is 124 Å². The highest BCUT2D eigenvalue weighted by Crippen LogP contribution is 2.67. The van der Waals surface area contributed by atoms with Crippen LogP contribution in [0.5, 0.6) is 0 Å². The van der Waals surface area contributed by atoms with Crippen molar-refractivity contribution in [1.29, 1.82) is 0 Å². The number of hydrogen-bond acceptors (Lipinski definition) is 7. The molecule has 8 atom stereocenters. The van der Waals surface area contributed by atoms with Gasteiger partial charge in [-0.25, -0.2) is 0 Å². The molecule has 0 aromatic heterocycles. The van der Waals surface area contributed by atoms with Gasteiger partial charge in [0.05, 0.1) is 6.10 Å². The summed E-state index contributed by atoms with van der Waals surface area (Å²) < 4.78 is 16.1. The monoisotopic (exact) mass is 439 g/mol. The van der Waals surface area contributed by atoms with E-state index in [2.05, 4.69) is 6.92 Å². The Balaban J connectivity index is 1.64. The van der Waals surface area contributed by atoms with Crippen LogP contribution in [0.1, 0.15) is 58.8 Å². The molecular weight excluding hydrogens is 407 g/mol. The number of carbonyl (C=O) groups excluding carboxylic acids is 2. The molecule has 8 heteroatoms. The first-order chi connectivity index (χ1) is 13.8. The summed E-state index contributed by atoms with van der Waals surface area (Å²) in [6, 6.07) is 0. The third kappa shape index (κ3) is 3.20. The zero-order valence-corrected chi connectivity index (χ0v) is 18.8. The summed E-state index contributed by atoms with van der Waals surface area (Å²) in [5, 5.41) is 22.8. The minimum Gasteiger partial charge on any atom is -0.779 e. The van der Waals surface area contributed by atoms with Gasteiger partial charge in [0, 0.05) is 18.5 Å². The van der Waals surface area contributed by atoms with Gasteiger partial charge >= 0.3 is 0 Å². The molecule has 0 radical (unpaired) electrons. The molecule has 0 aromatic rings. The number of allylic oxidation sites excluding steroid dienone is 1. The lowest BCUT2D eigenvalue weighted by molar-refractivity contribution is -0.201. The predicted molar refractivity (Wildman–Crippen MR) is 108 cm³/mol. The van der Waals surface area contributed by atoms with E-state index >= 15 is 0 Å². The Kier molecular flexibility index (Phi) is 5.27. The number of hydrogen-bond donors (Lipinski definition) is 2. The quantitative estimate of drug-likeness (QED) is 0.642. The molecule has 168 valence electrons. The van der Waals surface area contributed by atoms with E-state index in [9.17, 15) is 29.3 Å². The van der Waals surface area contributed by atoms with E-state index in [-0.39, 0.29) is 41.8 Å². The second-order valence-electron chi connectivity index (χ2n) is 10.4. The molecule has 3 fully saturated rings. The molecule has 4 rings (SSSR count). The Morgan fingerprint density at radius 2 is 2.00 bits per heavy atom. The fourth-order valence-corrected chi connectivity index (χ4v) is 7.80. The molecule has 0 aromatic carbocycles. The zero-order chi connectivity index (χ0) is 22.1. The van der Waals surface area contributed by atoms with Crippen molar-refractivity contribution < 1.29 is 33.8 Å². The van der Waals surface area contributed by atoms with E-state index in [0.29, 0.717) is 12.8 Å². The average Bonchev–Trinajstić information content (AvgIpc) is 2.91.